The van der Waals surface area contributed by atoms with Gasteiger partial charge in [0.05, 0.1) is 29.1 Å². The van der Waals surface area contributed by atoms with Crippen molar-refractivity contribution in [3.63, 3.8) is 0 Å². The van der Waals surface area contributed by atoms with Gasteiger partial charge in [0.2, 0.25) is 0 Å². The van der Waals surface area contributed by atoms with E-state index in [1.165, 1.54) is 19.2 Å². The number of halogens is 2. The first-order valence-electron chi connectivity index (χ1n) is 5.72. The third kappa shape index (κ3) is 2.83. The first-order chi connectivity index (χ1) is 9.52. The zero-order chi connectivity index (χ0) is 14.7. The van der Waals surface area contributed by atoms with E-state index in [1.807, 2.05) is 0 Å². The van der Waals surface area contributed by atoms with E-state index in [0.29, 0.717) is 11.4 Å². The van der Waals surface area contributed by atoms with Crippen molar-refractivity contribution in [1.82, 2.24) is 0 Å². The Morgan fingerprint density at radius 2 is 2.10 bits per heavy atom. The van der Waals surface area contributed by atoms with E-state index in [-0.39, 0.29) is 16.3 Å². The van der Waals surface area contributed by atoms with Crippen LogP contribution in [0.4, 0.5) is 15.8 Å². The zero-order valence-electron chi connectivity index (χ0n) is 10.6. The molecule has 104 valence electrons. The number of nitrogens with one attached hydrogen (secondary N) is 1. The van der Waals surface area contributed by atoms with Crippen LogP contribution in [0.3, 0.4) is 0 Å². The molecule has 2 aromatic carbocycles. The van der Waals surface area contributed by atoms with Crippen LogP contribution in [0.15, 0.2) is 36.4 Å². The highest BCUT2D eigenvalue weighted by Gasteiger charge is 2.15. The fourth-order valence-corrected chi connectivity index (χ4v) is 1.96. The summed E-state index contributed by atoms with van der Waals surface area (Å²) < 4.78 is 18.1. The summed E-state index contributed by atoms with van der Waals surface area (Å²) in [4.78, 5) is 12.2. The monoisotopic (exact) mass is 294 g/mol. The van der Waals surface area contributed by atoms with Gasteiger partial charge in [-0.2, -0.15) is 0 Å². The third-order valence-electron chi connectivity index (χ3n) is 2.67. The molecular formula is C14H12ClFN2O2. The molecule has 0 aliphatic carbocycles. The highest BCUT2D eigenvalue weighted by atomic mass is 35.5. The van der Waals surface area contributed by atoms with Gasteiger partial charge in [-0.25, -0.2) is 4.39 Å². The number of nitrogens with two attached hydrogens (primary N) is 1. The van der Waals surface area contributed by atoms with Crippen molar-refractivity contribution in [1.29, 1.82) is 0 Å². The smallest absolute Gasteiger partial charge is 0.259 e. The van der Waals surface area contributed by atoms with Crippen LogP contribution in [-0.4, -0.2) is 13.0 Å². The van der Waals surface area contributed by atoms with Gasteiger partial charge in [0, 0.05) is 0 Å². The first kappa shape index (κ1) is 14.1. The van der Waals surface area contributed by atoms with Crippen LogP contribution in [0.2, 0.25) is 5.02 Å². The number of rotatable bonds is 3. The lowest BCUT2D eigenvalue weighted by atomic mass is 10.1. The quantitative estimate of drug-likeness (QED) is 0.854. The molecule has 0 atom stereocenters. The van der Waals surface area contributed by atoms with Crippen LogP contribution in [0, 0.1) is 5.82 Å². The lowest BCUT2D eigenvalue weighted by molar-refractivity contribution is 0.102. The summed E-state index contributed by atoms with van der Waals surface area (Å²) in [6, 6.07) is 8.54. The second kappa shape index (κ2) is 5.79. The normalized spacial score (nSPS) is 10.2. The summed E-state index contributed by atoms with van der Waals surface area (Å²) in [7, 11) is 1.42. The number of carbonyl (C=O) groups excluding carboxylic acids is 1. The molecule has 0 spiro atoms. The minimum absolute atomic E-state index is 0.112. The number of para-hydroxylation sites is 1. The topological polar surface area (TPSA) is 64.3 Å². The van der Waals surface area contributed by atoms with Crippen LogP contribution in [0.1, 0.15) is 10.4 Å². The van der Waals surface area contributed by atoms with E-state index in [1.54, 1.807) is 18.2 Å². The van der Waals surface area contributed by atoms with Crippen molar-refractivity contribution in [3.8, 4) is 5.75 Å². The standard InChI is InChI=1S/C14H12ClFN2O2/c1-20-13-9(3-2-4-11(13)17)14(19)18-12-6-5-8(16)7-10(12)15/h2-7H,17H2,1H3,(H,18,19). The van der Waals surface area contributed by atoms with Crippen molar-refractivity contribution in [3.05, 3.63) is 52.8 Å². The number of anilines is 2. The summed E-state index contributed by atoms with van der Waals surface area (Å²) in [5.74, 6) is -0.638. The van der Waals surface area contributed by atoms with Crippen molar-refractivity contribution in [2.75, 3.05) is 18.2 Å². The maximum atomic E-state index is 12.9. The molecule has 0 saturated carbocycles. The molecule has 0 saturated heterocycles. The minimum Gasteiger partial charge on any atom is -0.494 e. The zero-order valence-corrected chi connectivity index (χ0v) is 11.4. The Labute approximate surface area is 120 Å². The maximum absolute atomic E-state index is 12.9. The molecule has 0 aromatic heterocycles. The Bertz CT molecular complexity index is 662. The Kier molecular flexibility index (Phi) is 4.10. The summed E-state index contributed by atoms with van der Waals surface area (Å²) >= 11 is 5.86. The number of carbonyl (C=O) groups is 1. The van der Waals surface area contributed by atoms with Gasteiger partial charge in [-0.15, -0.1) is 0 Å². The Morgan fingerprint density at radius 1 is 1.35 bits per heavy atom. The Morgan fingerprint density at radius 3 is 2.75 bits per heavy atom. The van der Waals surface area contributed by atoms with Crippen LogP contribution >= 0.6 is 11.6 Å². The second-order valence-electron chi connectivity index (χ2n) is 4.01. The highest BCUT2D eigenvalue weighted by molar-refractivity contribution is 6.34. The van der Waals surface area contributed by atoms with Crippen molar-refractivity contribution in [2.45, 2.75) is 0 Å². The summed E-state index contributed by atoms with van der Waals surface area (Å²) in [5.41, 5.74) is 6.66. The van der Waals surface area contributed by atoms with Gasteiger partial charge in [0.25, 0.3) is 5.91 Å². The van der Waals surface area contributed by atoms with Gasteiger partial charge < -0.3 is 15.8 Å². The van der Waals surface area contributed by atoms with E-state index in [9.17, 15) is 9.18 Å². The van der Waals surface area contributed by atoms with Crippen molar-refractivity contribution in [2.24, 2.45) is 0 Å². The maximum Gasteiger partial charge on any atom is 0.259 e. The van der Waals surface area contributed by atoms with E-state index in [4.69, 9.17) is 22.1 Å². The van der Waals surface area contributed by atoms with E-state index >= 15 is 0 Å². The number of benzene rings is 2. The first-order valence-corrected chi connectivity index (χ1v) is 6.09. The van der Waals surface area contributed by atoms with Gasteiger partial charge in [0.1, 0.15) is 5.82 Å². The van der Waals surface area contributed by atoms with Crippen LogP contribution < -0.4 is 15.8 Å². The van der Waals surface area contributed by atoms with Crippen molar-refractivity contribution < 1.29 is 13.9 Å². The number of hydrogen-bond acceptors (Lipinski definition) is 3. The third-order valence-corrected chi connectivity index (χ3v) is 2.99. The van der Waals surface area contributed by atoms with Gasteiger partial charge in [-0.05, 0) is 30.3 Å². The molecular weight excluding hydrogens is 283 g/mol. The molecule has 0 heterocycles. The molecule has 2 rings (SSSR count). The van der Waals surface area contributed by atoms with Gasteiger partial charge in [0.15, 0.2) is 5.75 Å². The van der Waals surface area contributed by atoms with E-state index in [2.05, 4.69) is 5.32 Å². The lowest BCUT2D eigenvalue weighted by Gasteiger charge is -2.12. The van der Waals surface area contributed by atoms with E-state index in [0.717, 1.165) is 6.07 Å². The summed E-state index contributed by atoms with van der Waals surface area (Å²) in [6.45, 7) is 0. The average molecular weight is 295 g/mol. The molecule has 2 aromatic rings. The molecule has 0 aliphatic rings. The molecule has 6 heteroatoms. The summed E-state index contributed by atoms with van der Waals surface area (Å²) in [6.07, 6.45) is 0. The number of nitrogen functional groups attached to an aromatic ring is 1. The molecule has 0 radical (unpaired) electrons. The molecule has 1 amide bonds. The Balaban J connectivity index is 2.31. The molecule has 0 aliphatic heterocycles. The predicted molar refractivity (Wildman–Crippen MR) is 76.8 cm³/mol. The highest BCUT2D eigenvalue weighted by Crippen LogP contribution is 2.28. The minimum atomic E-state index is -0.477. The average Bonchev–Trinajstić information content (AvgIpc) is 2.41. The SMILES string of the molecule is COc1c(N)cccc1C(=O)Nc1ccc(F)cc1Cl. The molecule has 3 N–H and O–H groups in total. The molecule has 0 bridgehead atoms. The van der Waals surface area contributed by atoms with Crippen LogP contribution in [0.25, 0.3) is 0 Å². The molecule has 20 heavy (non-hydrogen) atoms. The summed E-state index contributed by atoms with van der Waals surface area (Å²) in [5, 5.41) is 2.69. The molecule has 4 nitrogen and oxygen atoms in total. The second-order valence-corrected chi connectivity index (χ2v) is 4.41. The fourth-order valence-electron chi connectivity index (χ4n) is 1.74. The fraction of sp³-hybridized carbons (Fsp3) is 0.0714. The number of methoxy groups -OCH3 is 1. The van der Waals surface area contributed by atoms with E-state index < -0.39 is 11.7 Å². The number of ether oxygens (including phenoxy) is 1. The van der Waals surface area contributed by atoms with Gasteiger partial charge in [-0.1, -0.05) is 17.7 Å². The van der Waals surface area contributed by atoms with Crippen LogP contribution in [-0.2, 0) is 0 Å². The van der Waals surface area contributed by atoms with Gasteiger partial charge in [-0.3, -0.25) is 4.79 Å². The van der Waals surface area contributed by atoms with Crippen LogP contribution in [0.5, 0.6) is 5.75 Å². The molecule has 0 fully saturated rings. The van der Waals surface area contributed by atoms with Gasteiger partial charge >= 0.3 is 0 Å². The van der Waals surface area contributed by atoms with Crippen molar-refractivity contribution >= 4 is 28.9 Å². The lowest BCUT2D eigenvalue weighted by Crippen LogP contribution is -2.14. The largest absolute Gasteiger partial charge is 0.494 e. The molecule has 0 unspecified atom stereocenters. The number of hydrogen-bond donors (Lipinski definition) is 2. The predicted octanol–water partition coefficient (Wildman–Crippen LogP) is 3.32. The number of amides is 1. The Hall–Kier alpha value is -2.27.